The van der Waals surface area contributed by atoms with E-state index in [0.717, 1.165) is 74.8 Å². The monoisotopic (exact) mass is 646 g/mol. The third kappa shape index (κ3) is 4.98. The predicted molar refractivity (Wildman–Crippen MR) is 184 cm³/mol. The molecule has 7 heterocycles. The molecule has 9 rings (SSSR count). The molecule has 10 nitrogen and oxygen atoms in total. The molecule has 1 spiro atoms. The lowest BCUT2D eigenvalue weighted by Gasteiger charge is -2.49. The van der Waals surface area contributed by atoms with Gasteiger partial charge < -0.3 is 14.7 Å². The summed E-state index contributed by atoms with van der Waals surface area (Å²) in [6.07, 6.45) is 8.85. The summed E-state index contributed by atoms with van der Waals surface area (Å²) in [5.74, 6) is 1.69. The van der Waals surface area contributed by atoms with Crippen LogP contribution in [0, 0.1) is 5.92 Å². The maximum absolute atomic E-state index is 10.0. The van der Waals surface area contributed by atoms with Gasteiger partial charge in [-0.1, -0.05) is 37.3 Å². The van der Waals surface area contributed by atoms with Gasteiger partial charge in [0.1, 0.15) is 18.1 Å². The third-order valence-corrected chi connectivity index (χ3v) is 12.0. The second-order valence-corrected chi connectivity index (χ2v) is 15.1. The van der Waals surface area contributed by atoms with Crippen molar-refractivity contribution in [2.24, 2.45) is 5.92 Å². The van der Waals surface area contributed by atoms with Gasteiger partial charge in [-0.25, -0.2) is 4.98 Å². The van der Waals surface area contributed by atoms with Crippen LogP contribution < -0.4 is 9.64 Å². The van der Waals surface area contributed by atoms with Crippen LogP contribution in [-0.4, -0.2) is 78.5 Å². The van der Waals surface area contributed by atoms with Gasteiger partial charge in [0.2, 0.25) is 5.88 Å². The van der Waals surface area contributed by atoms with E-state index in [0.29, 0.717) is 30.8 Å². The molecule has 48 heavy (non-hydrogen) atoms. The molecule has 3 aromatic heterocycles. The maximum Gasteiger partial charge on any atom is 0.318 e. The van der Waals surface area contributed by atoms with Crippen molar-refractivity contribution in [3.63, 3.8) is 0 Å². The van der Waals surface area contributed by atoms with Crippen LogP contribution in [0.5, 0.6) is 11.9 Å². The first-order chi connectivity index (χ1) is 23.4. The number of rotatable bonds is 5. The molecule has 3 atom stereocenters. The van der Waals surface area contributed by atoms with E-state index in [-0.39, 0.29) is 17.0 Å². The summed E-state index contributed by atoms with van der Waals surface area (Å²) < 4.78 is 8.83. The van der Waals surface area contributed by atoms with E-state index >= 15 is 0 Å². The fourth-order valence-electron chi connectivity index (χ4n) is 9.76. The average Bonchev–Trinajstić information content (AvgIpc) is 3.71. The fraction of sp³-hybridized carbons (Fsp3) is 0.526. The number of anilines is 1. The van der Waals surface area contributed by atoms with Crippen molar-refractivity contribution in [2.75, 3.05) is 38.2 Å². The van der Waals surface area contributed by atoms with Crippen LogP contribution in [0.25, 0.3) is 11.4 Å². The van der Waals surface area contributed by atoms with E-state index in [4.69, 9.17) is 19.8 Å². The van der Waals surface area contributed by atoms with Crippen LogP contribution in [-0.2, 0) is 38.0 Å². The summed E-state index contributed by atoms with van der Waals surface area (Å²) in [6.45, 7) is 8.52. The van der Waals surface area contributed by atoms with Crippen molar-refractivity contribution >= 4 is 5.82 Å². The number of fused-ring (bicyclic) bond motifs is 5. The SMILES string of the molecule is C[C@H]1CN2CCC[C@@]2(COc2nc3c(c(N4CCCn5nc(-c6cccc(O)n6)cc5C4)n2)CN(C)[C@@]2(CCCc4ccccc42)C3)C1. The second-order valence-electron chi connectivity index (χ2n) is 15.1. The smallest absolute Gasteiger partial charge is 0.318 e. The summed E-state index contributed by atoms with van der Waals surface area (Å²) in [4.78, 5) is 22.5. The molecule has 250 valence electrons. The molecule has 4 aliphatic heterocycles. The van der Waals surface area contributed by atoms with E-state index in [1.54, 1.807) is 6.07 Å². The predicted octanol–water partition coefficient (Wildman–Crippen LogP) is 5.32. The van der Waals surface area contributed by atoms with Crippen molar-refractivity contribution in [2.45, 2.75) is 89.0 Å². The highest BCUT2D eigenvalue weighted by molar-refractivity contribution is 5.57. The minimum absolute atomic E-state index is 0.00673. The van der Waals surface area contributed by atoms with Gasteiger partial charge in [0.05, 0.1) is 34.7 Å². The van der Waals surface area contributed by atoms with Gasteiger partial charge in [-0.2, -0.15) is 15.1 Å². The van der Waals surface area contributed by atoms with Gasteiger partial charge in [-0.15, -0.1) is 0 Å². The summed E-state index contributed by atoms with van der Waals surface area (Å²) in [5, 5.41) is 14.9. The maximum atomic E-state index is 10.0. The molecule has 1 aliphatic carbocycles. The number of benzene rings is 1. The van der Waals surface area contributed by atoms with Gasteiger partial charge in [-0.05, 0) is 87.7 Å². The van der Waals surface area contributed by atoms with Crippen molar-refractivity contribution in [1.82, 2.24) is 34.5 Å². The Balaban J connectivity index is 1.09. The van der Waals surface area contributed by atoms with Crippen LogP contribution in [0.4, 0.5) is 5.82 Å². The van der Waals surface area contributed by atoms with Crippen molar-refractivity contribution in [3.05, 3.63) is 76.6 Å². The Hall–Kier alpha value is -4.02. The number of aromatic nitrogens is 5. The van der Waals surface area contributed by atoms with Crippen LogP contribution in [0.3, 0.4) is 0 Å². The highest BCUT2D eigenvalue weighted by Gasteiger charge is 2.48. The molecule has 0 bridgehead atoms. The van der Waals surface area contributed by atoms with Crippen LogP contribution in [0.15, 0.2) is 48.5 Å². The molecule has 1 N–H and O–H groups in total. The first-order valence-electron chi connectivity index (χ1n) is 17.9. The zero-order valence-corrected chi connectivity index (χ0v) is 28.2. The Morgan fingerprint density at radius 2 is 1.85 bits per heavy atom. The lowest BCUT2D eigenvalue weighted by molar-refractivity contribution is 0.0714. The van der Waals surface area contributed by atoms with Crippen molar-refractivity contribution in [1.29, 1.82) is 0 Å². The van der Waals surface area contributed by atoms with E-state index in [1.165, 1.54) is 48.9 Å². The highest BCUT2D eigenvalue weighted by Crippen LogP contribution is 2.47. The largest absolute Gasteiger partial charge is 0.493 e. The molecular weight excluding hydrogens is 600 g/mol. The number of likely N-dealkylation sites (N-methyl/N-ethyl adjacent to an activating group) is 1. The molecule has 0 unspecified atom stereocenters. The van der Waals surface area contributed by atoms with E-state index < -0.39 is 0 Å². The zero-order valence-electron chi connectivity index (χ0n) is 28.2. The normalized spacial score (nSPS) is 27.0. The molecule has 0 radical (unpaired) electrons. The topological polar surface area (TPSA) is 95.7 Å². The highest BCUT2D eigenvalue weighted by atomic mass is 16.5. The number of hydrogen-bond acceptors (Lipinski definition) is 9. The molecule has 1 aromatic carbocycles. The number of hydrogen-bond donors (Lipinski definition) is 1. The molecule has 0 saturated carbocycles. The lowest BCUT2D eigenvalue weighted by Crippen LogP contribution is -2.51. The molecule has 4 aromatic rings. The average molecular weight is 647 g/mol. The van der Waals surface area contributed by atoms with Crippen LogP contribution in [0.2, 0.25) is 0 Å². The third-order valence-electron chi connectivity index (χ3n) is 12.0. The molecule has 2 saturated heterocycles. The molecule has 10 heteroatoms. The minimum Gasteiger partial charge on any atom is -0.493 e. The lowest BCUT2D eigenvalue weighted by atomic mass is 9.71. The number of nitrogens with zero attached hydrogens (tertiary/aromatic N) is 8. The number of ether oxygens (including phenoxy) is 1. The minimum atomic E-state index is -0.0763. The Morgan fingerprint density at radius 1 is 0.938 bits per heavy atom. The number of aryl methyl sites for hydroxylation is 2. The van der Waals surface area contributed by atoms with Gasteiger partial charge in [0, 0.05) is 44.2 Å². The Morgan fingerprint density at radius 3 is 2.77 bits per heavy atom. The first kappa shape index (κ1) is 30.1. The molecule has 5 aliphatic rings. The second kappa shape index (κ2) is 11.6. The van der Waals surface area contributed by atoms with Gasteiger partial charge in [0.25, 0.3) is 0 Å². The Bertz CT molecular complexity index is 1860. The summed E-state index contributed by atoms with van der Waals surface area (Å²) in [7, 11) is 2.29. The van der Waals surface area contributed by atoms with E-state index in [1.807, 2.05) is 12.1 Å². The fourth-order valence-corrected chi connectivity index (χ4v) is 9.76. The van der Waals surface area contributed by atoms with Gasteiger partial charge in [-0.3, -0.25) is 14.5 Å². The molecule has 2 fully saturated rings. The van der Waals surface area contributed by atoms with Crippen molar-refractivity contribution in [3.8, 4) is 23.3 Å². The summed E-state index contributed by atoms with van der Waals surface area (Å²) in [5.41, 5.74) is 7.88. The van der Waals surface area contributed by atoms with E-state index in [2.05, 4.69) is 68.7 Å². The zero-order chi connectivity index (χ0) is 32.5. The van der Waals surface area contributed by atoms with Crippen LogP contribution in [0.1, 0.15) is 73.5 Å². The van der Waals surface area contributed by atoms with Gasteiger partial charge >= 0.3 is 6.01 Å². The summed E-state index contributed by atoms with van der Waals surface area (Å²) >= 11 is 0. The number of aromatic hydroxyl groups is 1. The number of pyridine rings is 1. The van der Waals surface area contributed by atoms with Gasteiger partial charge in [0.15, 0.2) is 0 Å². The quantitative estimate of drug-likeness (QED) is 0.309. The summed E-state index contributed by atoms with van der Waals surface area (Å²) in [6, 6.07) is 17.0. The van der Waals surface area contributed by atoms with Crippen LogP contribution >= 0.6 is 0 Å². The first-order valence-corrected chi connectivity index (χ1v) is 17.9. The standard InChI is InChI=1S/C38H46N8O2/c1-26-20-37(14-7-17-45(37)22-26)25-48-36-40-33-21-38(15-6-10-27-9-3-4-11-30(27)38)43(2)24-29(33)35(41-36)44-16-8-18-46-28(23-44)19-32(42-46)31-12-5-13-34(47)39-31/h3-5,9,11-13,19,26H,6-8,10,14-18,20-25H2,1-2H3,(H,39,47)/t26-,37+,38+/m1/s1. The van der Waals surface area contributed by atoms with E-state index in [9.17, 15) is 5.11 Å². The Labute approximate surface area is 282 Å². The molecule has 0 amide bonds. The van der Waals surface area contributed by atoms with Crippen molar-refractivity contribution < 1.29 is 9.84 Å². The molecular formula is C38H46N8O2. The Kier molecular flexibility index (Phi) is 7.24.